The first kappa shape index (κ1) is 14.9. The molecule has 0 aromatic carbocycles. The Kier molecular flexibility index (Phi) is 4.54. The van der Waals surface area contributed by atoms with Crippen LogP contribution in [0.25, 0.3) is 0 Å². The topological polar surface area (TPSA) is 50.2 Å². The molecule has 0 aliphatic carbocycles. The van der Waals surface area contributed by atoms with Crippen LogP contribution in [0.4, 0.5) is 0 Å². The fraction of sp³-hybridized carbons (Fsp3) is 0.733. The maximum absolute atomic E-state index is 12.9. The molecule has 1 aromatic rings. The Morgan fingerprint density at radius 1 is 1.52 bits per heavy atom. The largest absolute Gasteiger partial charge is 0.340 e. The van der Waals surface area contributed by atoms with Crippen molar-refractivity contribution >= 4 is 17.7 Å². The van der Waals surface area contributed by atoms with Crippen LogP contribution in [0.5, 0.6) is 0 Å². The average Bonchev–Trinajstić information content (AvgIpc) is 3.15. The minimum absolute atomic E-state index is 0.0646. The number of aromatic nitrogens is 2. The molecule has 3 heterocycles. The second-order valence-corrected chi connectivity index (χ2v) is 7.41. The fourth-order valence-electron chi connectivity index (χ4n) is 3.32. The normalized spacial score (nSPS) is 29.8. The van der Waals surface area contributed by atoms with Crippen LogP contribution < -0.4 is 5.32 Å². The van der Waals surface area contributed by atoms with Gasteiger partial charge in [0.1, 0.15) is 0 Å². The highest BCUT2D eigenvalue weighted by Gasteiger charge is 2.38. The molecule has 0 radical (unpaired) electrons. The van der Waals surface area contributed by atoms with Crippen LogP contribution in [0, 0.1) is 5.92 Å². The molecule has 0 bridgehead atoms. The smallest absolute Gasteiger partial charge is 0.227 e. The van der Waals surface area contributed by atoms with Crippen LogP contribution in [0.3, 0.4) is 0 Å². The molecule has 0 spiro atoms. The first-order valence-electron chi connectivity index (χ1n) is 7.78. The number of hydrogen-bond acceptors (Lipinski definition) is 4. The number of carbonyl (C=O) groups is 1. The van der Waals surface area contributed by atoms with Gasteiger partial charge in [0.2, 0.25) is 5.91 Å². The molecule has 2 aliphatic rings. The van der Waals surface area contributed by atoms with Crippen LogP contribution in [0.1, 0.15) is 24.8 Å². The third-order valence-electron chi connectivity index (χ3n) is 4.59. The number of aryl methyl sites for hydroxylation is 1. The third-order valence-corrected chi connectivity index (χ3v) is 5.96. The van der Waals surface area contributed by atoms with Crippen LogP contribution in [0.2, 0.25) is 0 Å². The Bertz CT molecular complexity index is 504. The van der Waals surface area contributed by atoms with Crippen LogP contribution in [0.15, 0.2) is 12.4 Å². The van der Waals surface area contributed by atoms with Crippen molar-refractivity contribution in [2.24, 2.45) is 13.0 Å². The lowest BCUT2D eigenvalue weighted by molar-refractivity contribution is -0.135. The molecule has 1 aromatic heterocycles. The Hall–Kier alpha value is -1.01. The number of carbonyl (C=O) groups excluding carboxylic acids is 1. The van der Waals surface area contributed by atoms with E-state index in [2.05, 4.69) is 22.2 Å². The highest BCUT2D eigenvalue weighted by molar-refractivity contribution is 8.00. The van der Waals surface area contributed by atoms with Crippen molar-refractivity contribution < 1.29 is 4.79 Å². The predicted octanol–water partition coefficient (Wildman–Crippen LogP) is 1.08. The molecule has 1 unspecified atom stereocenters. The van der Waals surface area contributed by atoms with Gasteiger partial charge >= 0.3 is 0 Å². The van der Waals surface area contributed by atoms with Crippen molar-refractivity contribution in [1.82, 2.24) is 20.0 Å². The van der Waals surface area contributed by atoms with Crippen molar-refractivity contribution in [3.8, 4) is 0 Å². The van der Waals surface area contributed by atoms with Gasteiger partial charge < -0.3 is 10.2 Å². The maximum Gasteiger partial charge on any atom is 0.227 e. The molecule has 2 saturated heterocycles. The number of hydrogen-bond donors (Lipinski definition) is 1. The van der Waals surface area contributed by atoms with Gasteiger partial charge in [-0.1, -0.05) is 6.92 Å². The van der Waals surface area contributed by atoms with E-state index < -0.39 is 0 Å². The van der Waals surface area contributed by atoms with Crippen molar-refractivity contribution in [2.45, 2.75) is 24.5 Å². The lowest BCUT2D eigenvalue weighted by Crippen LogP contribution is -2.46. The van der Waals surface area contributed by atoms with Gasteiger partial charge in [-0.25, -0.2) is 0 Å². The van der Waals surface area contributed by atoms with Gasteiger partial charge in [0.05, 0.1) is 12.1 Å². The van der Waals surface area contributed by atoms with E-state index in [1.54, 1.807) is 0 Å². The van der Waals surface area contributed by atoms with Gasteiger partial charge in [0.25, 0.3) is 0 Å². The van der Waals surface area contributed by atoms with Gasteiger partial charge in [-0.05, 0) is 12.0 Å². The van der Waals surface area contributed by atoms with Crippen LogP contribution >= 0.6 is 11.8 Å². The van der Waals surface area contributed by atoms with E-state index in [1.807, 2.05) is 35.9 Å². The monoisotopic (exact) mass is 308 g/mol. The van der Waals surface area contributed by atoms with Crippen LogP contribution in [-0.4, -0.2) is 57.8 Å². The summed E-state index contributed by atoms with van der Waals surface area (Å²) in [6.07, 6.45) is 5.08. The predicted molar refractivity (Wildman–Crippen MR) is 85.4 cm³/mol. The zero-order valence-electron chi connectivity index (χ0n) is 12.8. The van der Waals surface area contributed by atoms with Gasteiger partial charge in [-0.3, -0.25) is 9.48 Å². The summed E-state index contributed by atoms with van der Waals surface area (Å²) in [5.41, 5.74) is 1.18. The molecule has 3 atom stereocenters. The number of amides is 1. The molecule has 2 fully saturated rings. The van der Waals surface area contributed by atoms with E-state index in [0.717, 1.165) is 38.4 Å². The SMILES string of the molecule is CCC1CN(C(=O)[C@H]2CNC[C@@H]2c2cnn(C)c2)CCS1. The summed E-state index contributed by atoms with van der Waals surface area (Å²) >= 11 is 2.00. The van der Waals surface area contributed by atoms with E-state index in [0.29, 0.717) is 11.2 Å². The van der Waals surface area contributed by atoms with Crippen molar-refractivity contribution in [1.29, 1.82) is 0 Å². The zero-order chi connectivity index (χ0) is 14.8. The maximum atomic E-state index is 12.9. The van der Waals surface area contributed by atoms with Gasteiger partial charge in [-0.15, -0.1) is 0 Å². The summed E-state index contributed by atoms with van der Waals surface area (Å²) in [7, 11) is 1.93. The summed E-state index contributed by atoms with van der Waals surface area (Å²) in [4.78, 5) is 15.0. The summed E-state index contributed by atoms with van der Waals surface area (Å²) < 4.78 is 1.82. The minimum Gasteiger partial charge on any atom is -0.340 e. The molecule has 1 N–H and O–H groups in total. The van der Waals surface area contributed by atoms with Crippen LogP contribution in [-0.2, 0) is 11.8 Å². The standard InChI is InChI=1S/C15H24N4OS/c1-3-12-10-19(4-5-21-12)15(20)14-8-16-7-13(14)11-6-17-18(2)9-11/h6,9,12-14,16H,3-5,7-8,10H2,1-2H3/t12?,13-,14+/m1/s1. The van der Waals surface area contributed by atoms with Crippen molar-refractivity contribution in [2.75, 3.05) is 31.9 Å². The molecule has 2 aliphatic heterocycles. The molecule has 0 saturated carbocycles. The molecular weight excluding hydrogens is 284 g/mol. The second-order valence-electron chi connectivity index (χ2n) is 6.00. The third kappa shape index (κ3) is 3.11. The number of nitrogens with one attached hydrogen (secondary N) is 1. The van der Waals surface area contributed by atoms with Gasteiger partial charge in [0.15, 0.2) is 0 Å². The van der Waals surface area contributed by atoms with Gasteiger partial charge in [-0.2, -0.15) is 16.9 Å². The lowest BCUT2D eigenvalue weighted by Gasteiger charge is -2.34. The molecule has 1 amide bonds. The van der Waals surface area contributed by atoms with E-state index in [9.17, 15) is 4.79 Å². The van der Waals surface area contributed by atoms with E-state index >= 15 is 0 Å². The Balaban J connectivity index is 1.71. The summed E-state index contributed by atoms with van der Waals surface area (Å²) in [6, 6.07) is 0. The second kappa shape index (κ2) is 6.40. The number of thioether (sulfide) groups is 1. The Morgan fingerprint density at radius 2 is 2.38 bits per heavy atom. The van der Waals surface area contributed by atoms with E-state index in [1.165, 1.54) is 5.56 Å². The summed E-state index contributed by atoms with van der Waals surface area (Å²) in [5, 5.41) is 8.24. The summed E-state index contributed by atoms with van der Waals surface area (Å²) in [6.45, 7) is 5.69. The van der Waals surface area contributed by atoms with Crippen molar-refractivity contribution in [3.63, 3.8) is 0 Å². The molecule has 6 heteroatoms. The van der Waals surface area contributed by atoms with E-state index in [4.69, 9.17) is 0 Å². The number of rotatable bonds is 3. The first-order valence-corrected chi connectivity index (χ1v) is 8.83. The zero-order valence-corrected chi connectivity index (χ0v) is 13.6. The fourth-order valence-corrected chi connectivity index (χ4v) is 4.50. The quantitative estimate of drug-likeness (QED) is 0.908. The highest BCUT2D eigenvalue weighted by Crippen LogP contribution is 2.31. The highest BCUT2D eigenvalue weighted by atomic mass is 32.2. The average molecular weight is 308 g/mol. The molecule has 116 valence electrons. The Morgan fingerprint density at radius 3 is 3.10 bits per heavy atom. The number of nitrogens with zero attached hydrogens (tertiary/aromatic N) is 3. The van der Waals surface area contributed by atoms with Crippen molar-refractivity contribution in [3.05, 3.63) is 18.0 Å². The van der Waals surface area contributed by atoms with E-state index in [-0.39, 0.29) is 11.8 Å². The molecular formula is C15H24N4OS. The Labute approximate surface area is 130 Å². The van der Waals surface area contributed by atoms with Gasteiger partial charge in [0, 0.05) is 56.3 Å². The first-order chi connectivity index (χ1) is 10.2. The summed E-state index contributed by atoms with van der Waals surface area (Å²) in [5.74, 6) is 1.73. The molecule has 21 heavy (non-hydrogen) atoms. The molecule has 5 nitrogen and oxygen atoms in total. The molecule has 3 rings (SSSR count). The minimum atomic E-state index is 0.0646. The lowest BCUT2D eigenvalue weighted by atomic mass is 9.89.